The molecule has 3 aromatic rings. The Morgan fingerprint density at radius 1 is 1.04 bits per heavy atom. The van der Waals surface area contributed by atoms with Crippen molar-refractivity contribution in [2.45, 2.75) is 124 Å². The van der Waals surface area contributed by atoms with Crippen LogP contribution in [0, 0.1) is 18.2 Å². The van der Waals surface area contributed by atoms with Crippen molar-refractivity contribution in [3.05, 3.63) is 23.1 Å². The molecule has 54 heavy (non-hydrogen) atoms. The number of aryl methyl sites for hydroxylation is 1. The summed E-state index contributed by atoms with van der Waals surface area (Å²) in [4.78, 5) is 17.5. The number of nitrogens with two attached hydrogens (primary N) is 1. The van der Waals surface area contributed by atoms with Crippen molar-refractivity contribution >= 4 is 22.5 Å². The second-order valence-electron chi connectivity index (χ2n) is 13.2. The van der Waals surface area contributed by atoms with Crippen LogP contribution < -0.4 is 20.5 Å². The van der Waals surface area contributed by atoms with Crippen LogP contribution in [-0.2, 0) is 6.18 Å². The van der Waals surface area contributed by atoms with Crippen molar-refractivity contribution in [3.8, 4) is 23.1 Å². The van der Waals surface area contributed by atoms with Crippen molar-refractivity contribution < 1.29 is 49.0 Å². The first-order valence-electron chi connectivity index (χ1n) is 18.2. The Labute approximate surface area is 309 Å². The van der Waals surface area contributed by atoms with Crippen molar-refractivity contribution in [2.24, 2.45) is 5.41 Å². The highest BCUT2D eigenvalue weighted by atomic mass is 19.4. The second kappa shape index (κ2) is 17.8. The SMILES string of the molecule is CC.CCC.CCCC(Oc1nc(-c2cc(N)nc(C)c2C(F)(F)F)c(F)c2nc(OC)nc(NCC)c12)C(F)(F)F.FC1(F)CC12CC1CCCN1C2. The Kier molecular flexibility index (Phi) is 14.7. The van der Waals surface area contributed by atoms with Gasteiger partial charge in [-0.2, -0.15) is 36.3 Å². The normalized spacial score (nSPS) is 20.5. The number of alkyl halides is 8. The largest absolute Gasteiger partial charge is 0.467 e. The third-order valence-corrected chi connectivity index (χ3v) is 9.03. The third kappa shape index (κ3) is 9.69. The number of nitrogens with one attached hydrogen (secondary N) is 1. The van der Waals surface area contributed by atoms with E-state index in [9.17, 15) is 35.1 Å². The molecule has 9 nitrogen and oxygen atoms in total. The van der Waals surface area contributed by atoms with Crippen molar-refractivity contribution in [2.75, 3.05) is 37.8 Å². The monoisotopic (exact) mass is 783 g/mol. The number of nitrogen functional groups attached to an aromatic ring is 1. The van der Waals surface area contributed by atoms with Crippen LogP contribution in [0.2, 0.25) is 0 Å². The van der Waals surface area contributed by atoms with Gasteiger partial charge in [-0.3, -0.25) is 4.90 Å². The standard InChI is InChI=1S/C22H23F7N6O2.C9H13F2N.C3H8.C2H6/c1-5-7-11(21(24,25)26)37-19-13-17(34-20(36-4)35-18(13)31-6-2)15(23)16(33-19)10-8-12(30)32-9(3)14(10)22(27,28)29;10-9(11)5-8(9)4-7-2-1-3-12(7)6-8;1-3-2;1-2/h8,11H,5-7H2,1-4H3,(H2,30,32)(H,31,34,35);7H,1-6H2;3H2,1-2H3;1-2H3. The van der Waals surface area contributed by atoms with Crippen LogP contribution in [0.5, 0.6) is 11.9 Å². The molecule has 1 aliphatic carbocycles. The van der Waals surface area contributed by atoms with E-state index in [4.69, 9.17) is 15.2 Å². The number of rotatable bonds is 8. The molecule has 1 spiro atoms. The fraction of sp³-hybridized carbons (Fsp3) is 0.667. The predicted molar refractivity (Wildman–Crippen MR) is 189 cm³/mol. The average Bonchev–Trinajstić information content (AvgIpc) is 3.33. The van der Waals surface area contributed by atoms with Crippen LogP contribution in [0.15, 0.2) is 6.07 Å². The Hall–Kier alpha value is -3.83. The highest BCUT2D eigenvalue weighted by Crippen LogP contribution is 2.67. The number of aromatic nitrogens is 4. The summed E-state index contributed by atoms with van der Waals surface area (Å²) in [6, 6.07) is 0.833. The van der Waals surface area contributed by atoms with Gasteiger partial charge in [-0.15, -0.1) is 0 Å². The number of pyridine rings is 2. The molecule has 0 radical (unpaired) electrons. The molecule has 5 heterocycles. The number of halogens is 9. The average molecular weight is 784 g/mol. The lowest BCUT2D eigenvalue weighted by atomic mass is 10.0. The maximum atomic E-state index is 15.9. The molecule has 2 aliphatic heterocycles. The quantitative estimate of drug-likeness (QED) is 0.216. The fourth-order valence-electron chi connectivity index (χ4n) is 6.71. The zero-order chi connectivity index (χ0) is 40.8. The van der Waals surface area contributed by atoms with E-state index >= 15 is 4.39 Å². The molecule has 6 rings (SSSR count). The fourth-order valence-corrected chi connectivity index (χ4v) is 6.71. The Bertz CT molecular complexity index is 1710. The molecule has 3 aromatic heterocycles. The van der Waals surface area contributed by atoms with Crippen LogP contribution in [0.25, 0.3) is 22.2 Å². The van der Waals surface area contributed by atoms with Gasteiger partial charge < -0.3 is 20.5 Å². The van der Waals surface area contributed by atoms with Crippen LogP contribution in [0.1, 0.15) is 97.7 Å². The first-order valence-corrected chi connectivity index (χ1v) is 18.2. The van der Waals surface area contributed by atoms with Crippen LogP contribution >= 0.6 is 0 Å². The molecule has 3 N–H and O–H groups in total. The first-order chi connectivity index (χ1) is 25.3. The smallest absolute Gasteiger partial charge is 0.425 e. The third-order valence-electron chi connectivity index (χ3n) is 9.03. The summed E-state index contributed by atoms with van der Waals surface area (Å²) in [5.74, 6) is -5.09. The van der Waals surface area contributed by atoms with E-state index in [0.717, 1.165) is 39.5 Å². The van der Waals surface area contributed by atoms with E-state index in [1.165, 1.54) is 19.8 Å². The van der Waals surface area contributed by atoms with Gasteiger partial charge in [0.05, 0.1) is 23.8 Å². The van der Waals surface area contributed by atoms with Gasteiger partial charge in [0.2, 0.25) is 5.88 Å². The zero-order valence-corrected chi connectivity index (χ0v) is 31.8. The molecular weight excluding hydrogens is 733 g/mol. The van der Waals surface area contributed by atoms with E-state index in [2.05, 4.69) is 44.0 Å². The molecule has 0 amide bonds. The molecule has 3 aliphatic rings. The molecule has 304 valence electrons. The van der Waals surface area contributed by atoms with Crippen LogP contribution in [0.3, 0.4) is 0 Å². The number of hydrogen-bond acceptors (Lipinski definition) is 9. The molecule has 1 saturated carbocycles. The summed E-state index contributed by atoms with van der Waals surface area (Å²) in [7, 11) is 1.16. The van der Waals surface area contributed by atoms with E-state index in [1.807, 2.05) is 13.8 Å². The second-order valence-corrected chi connectivity index (χ2v) is 13.2. The lowest BCUT2D eigenvalue weighted by Crippen LogP contribution is -2.34. The molecule has 18 heteroatoms. The first kappa shape index (κ1) is 44.6. The summed E-state index contributed by atoms with van der Waals surface area (Å²) < 4.78 is 135. The van der Waals surface area contributed by atoms with Gasteiger partial charge in [0.15, 0.2) is 11.9 Å². The Balaban J connectivity index is 0.000000376. The highest BCUT2D eigenvalue weighted by molar-refractivity contribution is 5.96. The van der Waals surface area contributed by atoms with Crippen LogP contribution in [0.4, 0.5) is 51.1 Å². The minimum absolute atomic E-state index is 0.0544. The van der Waals surface area contributed by atoms with Gasteiger partial charge in [-0.05, 0) is 52.1 Å². The molecule has 3 unspecified atom stereocenters. The highest BCUT2D eigenvalue weighted by Gasteiger charge is 2.74. The molecule has 2 saturated heterocycles. The number of anilines is 2. The van der Waals surface area contributed by atoms with Gasteiger partial charge in [0.25, 0.3) is 5.92 Å². The summed E-state index contributed by atoms with van der Waals surface area (Å²) >= 11 is 0. The van der Waals surface area contributed by atoms with Crippen LogP contribution in [-0.4, -0.2) is 75.8 Å². The molecule has 0 bridgehead atoms. The predicted octanol–water partition coefficient (Wildman–Crippen LogP) is 10.0. The number of fused-ring (bicyclic) bond motifs is 2. The van der Waals surface area contributed by atoms with Crippen molar-refractivity contribution in [3.63, 3.8) is 0 Å². The van der Waals surface area contributed by atoms with Gasteiger partial charge in [-0.1, -0.05) is 47.5 Å². The minimum atomic E-state index is -5.03. The maximum absolute atomic E-state index is 15.9. The number of ether oxygens (including phenoxy) is 2. The zero-order valence-electron chi connectivity index (χ0n) is 31.8. The molecular formula is C36H50F9N7O2. The number of nitrogens with zero attached hydrogens (tertiary/aromatic N) is 5. The lowest BCUT2D eigenvalue weighted by Gasteiger charge is -2.23. The van der Waals surface area contributed by atoms with Crippen molar-refractivity contribution in [1.29, 1.82) is 0 Å². The molecule has 0 aromatic carbocycles. The van der Waals surface area contributed by atoms with E-state index in [1.54, 1.807) is 6.92 Å². The van der Waals surface area contributed by atoms with Gasteiger partial charge in [0, 0.05) is 31.1 Å². The molecule has 3 atom stereocenters. The molecule has 3 fully saturated rings. The van der Waals surface area contributed by atoms with Gasteiger partial charge in [-0.25, -0.2) is 23.1 Å². The minimum Gasteiger partial charge on any atom is -0.467 e. The topological polar surface area (TPSA) is 111 Å². The van der Waals surface area contributed by atoms with Gasteiger partial charge >= 0.3 is 18.4 Å². The Morgan fingerprint density at radius 2 is 1.67 bits per heavy atom. The summed E-state index contributed by atoms with van der Waals surface area (Å²) in [6.45, 7) is 14.3. The maximum Gasteiger partial charge on any atom is 0.425 e. The number of methoxy groups -OCH3 is 1. The van der Waals surface area contributed by atoms with E-state index in [-0.39, 0.29) is 25.2 Å². The number of hydrogen-bond donors (Lipinski definition) is 2. The van der Waals surface area contributed by atoms with Crippen molar-refractivity contribution in [1.82, 2.24) is 24.8 Å². The van der Waals surface area contributed by atoms with E-state index in [0.29, 0.717) is 12.6 Å². The summed E-state index contributed by atoms with van der Waals surface area (Å²) in [6.07, 6.45) is -8.19. The summed E-state index contributed by atoms with van der Waals surface area (Å²) in [5.41, 5.74) is 0.620. The van der Waals surface area contributed by atoms with Gasteiger partial charge in [0.1, 0.15) is 28.2 Å². The summed E-state index contributed by atoms with van der Waals surface area (Å²) in [5, 5.41) is 2.34. The van der Waals surface area contributed by atoms with E-state index < -0.39 is 93.2 Å². The lowest BCUT2D eigenvalue weighted by molar-refractivity contribution is -0.197. The Morgan fingerprint density at radius 3 is 2.17 bits per heavy atom.